The maximum absolute atomic E-state index is 15.2. The fourth-order valence-corrected chi connectivity index (χ4v) is 6.86. The number of sulfonamides is 1. The van der Waals surface area contributed by atoms with Gasteiger partial charge >= 0.3 is 0 Å². The molecule has 13 heteroatoms. The van der Waals surface area contributed by atoms with E-state index in [0.29, 0.717) is 11.5 Å². The first kappa shape index (κ1) is 38.5. The van der Waals surface area contributed by atoms with Crippen molar-refractivity contribution >= 4 is 27.5 Å². The lowest BCUT2D eigenvalue weighted by Crippen LogP contribution is -2.56. The fourth-order valence-electron chi connectivity index (χ4n) is 5.43. The van der Waals surface area contributed by atoms with Crippen LogP contribution in [0.1, 0.15) is 31.9 Å². The van der Waals surface area contributed by atoms with E-state index in [0.717, 1.165) is 9.87 Å². The van der Waals surface area contributed by atoms with Crippen molar-refractivity contribution in [1.29, 1.82) is 0 Å². The van der Waals surface area contributed by atoms with Crippen molar-refractivity contribution < 1.29 is 41.3 Å². The van der Waals surface area contributed by atoms with Crippen molar-refractivity contribution in [1.82, 2.24) is 10.2 Å². The monoisotopic (exact) mass is 721 g/mol. The van der Waals surface area contributed by atoms with E-state index in [1.165, 1.54) is 81.9 Å². The number of hydrogen-bond acceptors (Lipinski definition) is 8. The van der Waals surface area contributed by atoms with Crippen molar-refractivity contribution in [2.24, 2.45) is 0 Å². The molecule has 0 saturated carbocycles. The molecule has 0 heterocycles. The Bertz CT molecular complexity index is 1930. The van der Waals surface area contributed by atoms with Gasteiger partial charge in [-0.05, 0) is 56.7 Å². The number of hydrogen-bond donors (Lipinski definition) is 1. The molecule has 0 radical (unpaired) electrons. The maximum Gasteiger partial charge on any atom is 0.265 e. The van der Waals surface area contributed by atoms with Crippen molar-refractivity contribution in [3.63, 3.8) is 0 Å². The highest BCUT2D eigenvalue weighted by Gasteiger charge is 2.37. The average Bonchev–Trinajstić information content (AvgIpc) is 3.11. The maximum atomic E-state index is 15.2. The van der Waals surface area contributed by atoms with Crippen LogP contribution in [0.5, 0.6) is 23.0 Å². The number of carbonyl (C=O) groups excluding carboxylic acids is 2. The Hall–Kier alpha value is -5.30. The molecule has 1 N–H and O–H groups in total. The Labute approximate surface area is 298 Å². The second-order valence-electron chi connectivity index (χ2n) is 12.6. The lowest BCUT2D eigenvalue weighted by Gasteiger charge is -2.35. The molecule has 2 amide bonds. The number of ether oxygens (including phenoxy) is 4. The summed E-state index contributed by atoms with van der Waals surface area (Å²) in [6, 6.07) is 22.4. The molecule has 0 bridgehead atoms. The molecule has 4 aromatic carbocycles. The van der Waals surface area contributed by atoms with E-state index in [2.05, 4.69) is 5.32 Å². The van der Waals surface area contributed by atoms with E-state index in [4.69, 9.17) is 18.9 Å². The third-order valence-corrected chi connectivity index (χ3v) is 9.70. The molecule has 0 aliphatic carbocycles. The second kappa shape index (κ2) is 16.6. The van der Waals surface area contributed by atoms with E-state index in [1.807, 2.05) is 30.3 Å². The molecule has 272 valence electrons. The molecule has 0 spiro atoms. The molecule has 0 unspecified atom stereocenters. The summed E-state index contributed by atoms with van der Waals surface area (Å²) < 4.78 is 67.1. The van der Waals surface area contributed by atoms with E-state index in [1.54, 1.807) is 32.9 Å². The van der Waals surface area contributed by atoms with E-state index >= 15 is 4.39 Å². The number of halogens is 1. The molecule has 0 aliphatic heterocycles. The van der Waals surface area contributed by atoms with E-state index < -0.39 is 45.8 Å². The lowest BCUT2D eigenvalue weighted by atomic mass is 10.0. The van der Waals surface area contributed by atoms with Crippen molar-refractivity contribution in [3.05, 3.63) is 108 Å². The predicted octanol–water partition coefficient (Wildman–Crippen LogP) is 5.61. The highest BCUT2D eigenvalue weighted by atomic mass is 32.2. The summed E-state index contributed by atoms with van der Waals surface area (Å²) in [5.74, 6) is -1.01. The topological polar surface area (TPSA) is 124 Å². The van der Waals surface area contributed by atoms with Gasteiger partial charge in [-0.1, -0.05) is 48.5 Å². The quantitative estimate of drug-likeness (QED) is 0.168. The minimum atomic E-state index is -4.57. The number of nitrogens with zero attached hydrogens (tertiary/aromatic N) is 2. The van der Waals surface area contributed by atoms with Gasteiger partial charge in [0.15, 0.2) is 11.5 Å². The number of methoxy groups -OCH3 is 4. The molecule has 0 saturated heterocycles. The SMILES string of the molecule is COc1ccc(OC)c(N(CC(=O)N(Cc2ccccc2F)[C@H](Cc2ccccc2)C(=O)NC(C)(C)C)S(=O)(=O)c2ccc(OC)c(OC)c2)c1. The highest BCUT2D eigenvalue weighted by Crippen LogP contribution is 2.38. The number of rotatable bonds is 15. The Morgan fingerprint density at radius 1 is 0.784 bits per heavy atom. The first-order chi connectivity index (χ1) is 24.2. The normalized spacial score (nSPS) is 12.0. The molecular formula is C38H44FN3O8S. The Balaban J connectivity index is 1.92. The number of carbonyl (C=O) groups is 2. The molecule has 11 nitrogen and oxygen atoms in total. The zero-order valence-corrected chi connectivity index (χ0v) is 30.6. The fraction of sp³-hybridized carbons (Fsp3) is 0.316. The predicted molar refractivity (Wildman–Crippen MR) is 192 cm³/mol. The molecule has 4 aromatic rings. The minimum Gasteiger partial charge on any atom is -0.497 e. The highest BCUT2D eigenvalue weighted by molar-refractivity contribution is 7.92. The van der Waals surface area contributed by atoms with Crippen LogP contribution in [0.3, 0.4) is 0 Å². The summed E-state index contributed by atoms with van der Waals surface area (Å²) in [5.41, 5.74) is 0.183. The van der Waals surface area contributed by atoms with Crippen LogP contribution in [0.2, 0.25) is 0 Å². The molecule has 0 aliphatic rings. The van der Waals surface area contributed by atoms with Crippen molar-refractivity contribution in [2.75, 3.05) is 39.3 Å². The Morgan fingerprint density at radius 3 is 2.02 bits per heavy atom. The summed E-state index contributed by atoms with van der Waals surface area (Å²) in [4.78, 5) is 29.9. The van der Waals surface area contributed by atoms with Gasteiger partial charge in [0.05, 0.1) is 39.0 Å². The number of anilines is 1. The number of benzene rings is 4. The van der Waals surface area contributed by atoms with Crippen LogP contribution in [-0.2, 0) is 32.6 Å². The van der Waals surface area contributed by atoms with Crippen LogP contribution < -0.4 is 28.6 Å². The number of nitrogens with one attached hydrogen (secondary N) is 1. The Kier molecular flexibility index (Phi) is 12.5. The molecule has 51 heavy (non-hydrogen) atoms. The van der Waals surface area contributed by atoms with Crippen LogP contribution in [0.15, 0.2) is 95.9 Å². The van der Waals surface area contributed by atoms with Gasteiger partial charge in [0, 0.05) is 36.2 Å². The van der Waals surface area contributed by atoms with Gasteiger partial charge < -0.3 is 29.2 Å². The summed E-state index contributed by atoms with van der Waals surface area (Å²) in [6.45, 7) is 4.28. The second-order valence-corrected chi connectivity index (χ2v) is 14.5. The summed E-state index contributed by atoms with van der Waals surface area (Å²) in [5, 5.41) is 2.95. The van der Waals surface area contributed by atoms with Gasteiger partial charge in [-0.2, -0.15) is 0 Å². The molecule has 0 fully saturated rings. The first-order valence-electron chi connectivity index (χ1n) is 16.1. The summed E-state index contributed by atoms with van der Waals surface area (Å²) in [6.07, 6.45) is 0.0633. The van der Waals surface area contributed by atoms with Crippen LogP contribution in [0.25, 0.3) is 0 Å². The Morgan fingerprint density at radius 2 is 1.41 bits per heavy atom. The number of amides is 2. The van der Waals surface area contributed by atoms with E-state index in [-0.39, 0.29) is 40.6 Å². The van der Waals surface area contributed by atoms with Crippen molar-refractivity contribution in [2.45, 2.75) is 50.2 Å². The van der Waals surface area contributed by atoms with Gasteiger partial charge in [0.1, 0.15) is 29.9 Å². The van der Waals surface area contributed by atoms with Crippen LogP contribution in [0, 0.1) is 5.82 Å². The first-order valence-corrected chi connectivity index (χ1v) is 17.5. The molecular weight excluding hydrogens is 677 g/mol. The zero-order valence-electron chi connectivity index (χ0n) is 29.8. The van der Waals surface area contributed by atoms with Gasteiger partial charge in [-0.3, -0.25) is 13.9 Å². The van der Waals surface area contributed by atoms with Gasteiger partial charge in [0.2, 0.25) is 11.8 Å². The van der Waals surface area contributed by atoms with Crippen molar-refractivity contribution in [3.8, 4) is 23.0 Å². The summed E-state index contributed by atoms with van der Waals surface area (Å²) in [7, 11) is 1.01. The van der Waals surface area contributed by atoms with Crippen LogP contribution in [-0.4, -0.2) is 71.7 Å². The van der Waals surface area contributed by atoms with E-state index in [9.17, 15) is 18.0 Å². The minimum absolute atomic E-state index is 0.00965. The van der Waals surface area contributed by atoms with Gasteiger partial charge in [-0.15, -0.1) is 0 Å². The average molecular weight is 722 g/mol. The van der Waals surface area contributed by atoms with Gasteiger partial charge in [0.25, 0.3) is 10.0 Å². The van der Waals surface area contributed by atoms with Crippen LogP contribution >= 0.6 is 0 Å². The largest absolute Gasteiger partial charge is 0.497 e. The third-order valence-electron chi connectivity index (χ3n) is 7.94. The summed E-state index contributed by atoms with van der Waals surface area (Å²) >= 11 is 0. The molecule has 1 atom stereocenters. The third kappa shape index (κ3) is 9.48. The zero-order chi connectivity index (χ0) is 37.3. The lowest BCUT2D eigenvalue weighted by molar-refractivity contribution is -0.140. The van der Waals surface area contributed by atoms with Gasteiger partial charge in [-0.25, -0.2) is 12.8 Å². The molecule has 4 rings (SSSR count). The smallest absolute Gasteiger partial charge is 0.265 e. The standard InChI is InChI=1S/C38H44FN3O8S/c1-38(2,3)40-37(44)32(21-26-13-9-8-10-14-26)41(24-27-15-11-12-16-30(27)39)36(43)25-42(31-22-28(47-4)17-19-33(31)48-5)51(45,46)29-18-20-34(49-6)35(23-29)50-7/h8-20,22-23,32H,21,24-25H2,1-7H3,(H,40,44)/t32-/m1/s1. The van der Waals surface area contributed by atoms with Crippen LogP contribution in [0.4, 0.5) is 10.1 Å². The molecule has 0 aromatic heterocycles.